The molecule has 0 spiro atoms. The molecule has 0 saturated carbocycles. The lowest BCUT2D eigenvalue weighted by Gasteiger charge is -2.26. The van der Waals surface area contributed by atoms with Gasteiger partial charge >= 0.3 is 0 Å². The van der Waals surface area contributed by atoms with Gasteiger partial charge in [0, 0.05) is 6.20 Å². The first-order chi connectivity index (χ1) is 15.7. The van der Waals surface area contributed by atoms with Crippen LogP contribution in [0, 0.1) is 6.92 Å². The number of rotatable bonds is 6. The highest BCUT2D eigenvalue weighted by atomic mass is 31.2. The molecular formula is C27H26N4P+. The number of aryl methyl sites for hydroxylation is 2. The molecule has 0 N–H and O–H groups in total. The Balaban J connectivity index is 1.77. The molecular weight excluding hydrogens is 411 g/mol. The van der Waals surface area contributed by atoms with E-state index in [1.54, 1.807) is 0 Å². The predicted octanol–water partition coefficient (Wildman–Crippen LogP) is 4.49. The Hall–Kier alpha value is -3.36. The zero-order valence-corrected chi connectivity index (χ0v) is 19.3. The van der Waals surface area contributed by atoms with E-state index in [1.165, 1.54) is 15.9 Å². The van der Waals surface area contributed by atoms with E-state index in [-0.39, 0.29) is 0 Å². The molecule has 32 heavy (non-hydrogen) atoms. The summed E-state index contributed by atoms with van der Waals surface area (Å²) in [7, 11) is -2.03. The van der Waals surface area contributed by atoms with Gasteiger partial charge in [-0.2, -0.15) is 0 Å². The largest absolute Gasteiger partial charge is 0.255 e. The van der Waals surface area contributed by atoms with Crippen LogP contribution in [0.5, 0.6) is 0 Å². The van der Waals surface area contributed by atoms with Crippen LogP contribution in [0.15, 0.2) is 97.2 Å². The fraction of sp³-hybridized carbons (Fsp3) is 0.148. The number of nitrogens with zero attached hydrogens (tertiary/aromatic N) is 4. The van der Waals surface area contributed by atoms with Crippen molar-refractivity contribution in [2.75, 3.05) is 0 Å². The van der Waals surface area contributed by atoms with Crippen molar-refractivity contribution in [3.05, 3.63) is 114 Å². The maximum atomic E-state index is 5.02. The van der Waals surface area contributed by atoms with Crippen molar-refractivity contribution in [3.8, 4) is 0 Å². The maximum absolute atomic E-state index is 5.02. The highest BCUT2D eigenvalue weighted by Gasteiger charge is 2.46. The first kappa shape index (κ1) is 20.5. The second-order valence-corrected chi connectivity index (χ2v) is 11.4. The van der Waals surface area contributed by atoms with Crippen LogP contribution in [-0.4, -0.2) is 19.6 Å². The number of hydrogen-bond acceptors (Lipinski definition) is 3. The number of hydrogen-bond donors (Lipinski definition) is 0. The van der Waals surface area contributed by atoms with Gasteiger partial charge in [-0.1, -0.05) is 61.5 Å². The summed E-state index contributed by atoms with van der Waals surface area (Å²) in [5.41, 5.74) is 2.85. The average Bonchev–Trinajstić information content (AvgIpc) is 3.29. The van der Waals surface area contributed by atoms with Crippen LogP contribution in [0.25, 0.3) is 5.65 Å². The molecule has 0 amide bonds. The molecule has 2 heterocycles. The molecule has 0 aliphatic rings. The third-order valence-corrected chi connectivity index (χ3v) is 10.3. The molecule has 5 rings (SSSR count). The van der Waals surface area contributed by atoms with E-state index in [0.717, 1.165) is 35.4 Å². The molecule has 0 bridgehead atoms. The van der Waals surface area contributed by atoms with Gasteiger partial charge in [0.2, 0.25) is 0 Å². The van der Waals surface area contributed by atoms with E-state index in [4.69, 9.17) is 10.1 Å². The summed E-state index contributed by atoms with van der Waals surface area (Å²) in [6.07, 6.45) is 3.48. The van der Waals surface area contributed by atoms with Crippen molar-refractivity contribution in [2.45, 2.75) is 26.4 Å². The minimum Gasteiger partial charge on any atom is -0.255 e. The molecule has 158 valence electrons. The monoisotopic (exact) mass is 437 g/mol. The van der Waals surface area contributed by atoms with E-state index < -0.39 is 7.26 Å². The molecule has 4 nitrogen and oxygen atoms in total. The normalized spacial score (nSPS) is 11.7. The van der Waals surface area contributed by atoms with Gasteiger partial charge in [-0.05, 0) is 49.7 Å². The van der Waals surface area contributed by atoms with Gasteiger partial charge in [-0.15, -0.1) is 5.10 Å². The zero-order valence-electron chi connectivity index (χ0n) is 18.4. The zero-order chi connectivity index (χ0) is 22.0. The molecule has 0 unspecified atom stereocenters. The lowest BCUT2D eigenvalue weighted by molar-refractivity contribution is 0.857. The highest BCUT2D eigenvalue weighted by Crippen LogP contribution is 2.57. The number of fused-ring (bicyclic) bond motifs is 1. The predicted molar refractivity (Wildman–Crippen MR) is 134 cm³/mol. The van der Waals surface area contributed by atoms with Crippen LogP contribution in [0.3, 0.4) is 0 Å². The van der Waals surface area contributed by atoms with E-state index in [2.05, 4.69) is 103 Å². The van der Waals surface area contributed by atoms with Gasteiger partial charge in [0.15, 0.2) is 11.5 Å². The van der Waals surface area contributed by atoms with Crippen LogP contribution >= 0.6 is 7.26 Å². The number of benzene rings is 3. The van der Waals surface area contributed by atoms with Crippen molar-refractivity contribution >= 4 is 28.8 Å². The number of aromatic nitrogens is 4. The van der Waals surface area contributed by atoms with Crippen molar-refractivity contribution in [2.24, 2.45) is 0 Å². The van der Waals surface area contributed by atoms with Crippen molar-refractivity contribution in [1.29, 1.82) is 0 Å². The van der Waals surface area contributed by atoms with E-state index in [9.17, 15) is 0 Å². The molecule has 0 saturated heterocycles. The SMILES string of the molecule is CCc1ncc(C)n2nc(C[P+](c3ccccc3)(c3ccccc3)c3ccccc3)nc12. The molecule has 5 heteroatoms. The Morgan fingerprint density at radius 2 is 1.25 bits per heavy atom. The fourth-order valence-corrected chi connectivity index (χ4v) is 8.41. The van der Waals surface area contributed by atoms with E-state index >= 15 is 0 Å². The molecule has 0 atom stereocenters. The molecule has 0 fully saturated rings. The van der Waals surface area contributed by atoms with E-state index in [0.29, 0.717) is 0 Å². The Labute approximate surface area is 189 Å². The average molecular weight is 438 g/mol. The van der Waals surface area contributed by atoms with Gasteiger partial charge < -0.3 is 0 Å². The molecule has 2 aromatic heterocycles. The van der Waals surface area contributed by atoms with Crippen molar-refractivity contribution in [3.63, 3.8) is 0 Å². The quantitative estimate of drug-likeness (QED) is 0.368. The summed E-state index contributed by atoms with van der Waals surface area (Å²) in [5, 5.41) is 8.98. The minimum atomic E-state index is -2.03. The summed E-state index contributed by atoms with van der Waals surface area (Å²) in [6, 6.07) is 32.6. The second kappa shape index (κ2) is 8.64. The highest BCUT2D eigenvalue weighted by molar-refractivity contribution is 7.95. The summed E-state index contributed by atoms with van der Waals surface area (Å²) in [5.74, 6) is 0.862. The van der Waals surface area contributed by atoms with Crippen molar-refractivity contribution in [1.82, 2.24) is 19.6 Å². The summed E-state index contributed by atoms with van der Waals surface area (Å²) in [6.45, 7) is 4.15. The summed E-state index contributed by atoms with van der Waals surface area (Å²) >= 11 is 0. The van der Waals surface area contributed by atoms with Gasteiger partial charge in [0.1, 0.15) is 29.3 Å². The summed E-state index contributed by atoms with van der Waals surface area (Å²) in [4.78, 5) is 9.62. The molecule has 0 aliphatic carbocycles. The minimum absolute atomic E-state index is 0.759. The molecule has 0 radical (unpaired) electrons. The third-order valence-electron chi connectivity index (χ3n) is 5.95. The van der Waals surface area contributed by atoms with Crippen LogP contribution in [-0.2, 0) is 12.6 Å². The third kappa shape index (κ3) is 3.51. The Morgan fingerprint density at radius 1 is 0.750 bits per heavy atom. The van der Waals surface area contributed by atoms with Gasteiger partial charge in [0.25, 0.3) is 0 Å². The standard InChI is InChI=1S/C27H26N4P/c1-3-25-27-29-26(30-31(27)21(2)19-28-25)20-32(22-13-7-4-8-14-22,23-15-9-5-10-16-23)24-17-11-6-12-18-24/h4-19H,3,20H2,1-2H3/q+1. The fourth-order valence-electron chi connectivity index (χ4n) is 4.37. The van der Waals surface area contributed by atoms with Gasteiger partial charge in [-0.3, -0.25) is 4.98 Å². The summed E-state index contributed by atoms with van der Waals surface area (Å²) < 4.78 is 1.96. The Bertz CT molecular complexity index is 1240. The van der Waals surface area contributed by atoms with Crippen LogP contribution < -0.4 is 15.9 Å². The smallest absolute Gasteiger partial charge is 0.190 e. The second-order valence-electron chi connectivity index (χ2n) is 7.94. The van der Waals surface area contributed by atoms with Gasteiger partial charge in [0.05, 0.1) is 11.4 Å². The first-order valence-corrected chi connectivity index (χ1v) is 12.9. The Morgan fingerprint density at radius 3 is 1.72 bits per heavy atom. The molecule has 3 aromatic carbocycles. The van der Waals surface area contributed by atoms with E-state index in [1.807, 2.05) is 17.6 Å². The topological polar surface area (TPSA) is 43.1 Å². The molecule has 5 aromatic rings. The van der Waals surface area contributed by atoms with Crippen LogP contribution in [0.1, 0.15) is 24.1 Å². The Kier molecular flexibility index (Phi) is 5.55. The first-order valence-electron chi connectivity index (χ1n) is 11.0. The lowest BCUT2D eigenvalue weighted by Crippen LogP contribution is -2.32. The van der Waals surface area contributed by atoms with Gasteiger partial charge in [-0.25, -0.2) is 9.50 Å². The van der Waals surface area contributed by atoms with Crippen LogP contribution in [0.4, 0.5) is 0 Å². The lowest BCUT2D eigenvalue weighted by atomic mass is 10.3. The maximum Gasteiger partial charge on any atom is 0.190 e. The van der Waals surface area contributed by atoms with Crippen molar-refractivity contribution < 1.29 is 0 Å². The van der Waals surface area contributed by atoms with Crippen LogP contribution in [0.2, 0.25) is 0 Å². The molecule has 0 aliphatic heterocycles.